The van der Waals surface area contributed by atoms with Crippen molar-refractivity contribution in [1.82, 2.24) is 0 Å². The highest BCUT2D eigenvalue weighted by Crippen LogP contribution is 2.25. The number of rotatable bonds is 3. The molecule has 0 saturated carbocycles. The first-order valence-electron chi connectivity index (χ1n) is 4.08. The standard InChI is InChI=1S/C10H7Br2NO2/c11-4-6-1-2-9(12)8(5-13)7(6)3-10(14)15/h1-2H,3-4H2,(H,14,15). The van der Waals surface area contributed by atoms with Gasteiger partial charge in [0.15, 0.2) is 0 Å². The van der Waals surface area contributed by atoms with Crippen molar-refractivity contribution < 1.29 is 9.90 Å². The SMILES string of the molecule is N#Cc1c(Br)ccc(CBr)c1CC(=O)O. The molecule has 1 aromatic carbocycles. The van der Waals surface area contributed by atoms with Crippen molar-refractivity contribution in [3.8, 4) is 6.07 Å². The molecule has 0 aromatic heterocycles. The number of nitriles is 1. The second-order valence-corrected chi connectivity index (χ2v) is 4.29. The lowest BCUT2D eigenvalue weighted by molar-refractivity contribution is -0.136. The average molecular weight is 333 g/mol. The summed E-state index contributed by atoms with van der Waals surface area (Å²) in [5.41, 5.74) is 1.79. The highest BCUT2D eigenvalue weighted by atomic mass is 79.9. The maximum absolute atomic E-state index is 10.7. The molecular weight excluding hydrogens is 326 g/mol. The van der Waals surface area contributed by atoms with E-state index in [2.05, 4.69) is 31.9 Å². The third-order valence-corrected chi connectivity index (χ3v) is 3.21. The second-order valence-electron chi connectivity index (χ2n) is 2.88. The summed E-state index contributed by atoms with van der Waals surface area (Å²) in [6.07, 6.45) is -0.136. The van der Waals surface area contributed by atoms with Crippen molar-refractivity contribution in [3.05, 3.63) is 33.3 Å². The van der Waals surface area contributed by atoms with Gasteiger partial charge in [0, 0.05) is 9.80 Å². The van der Waals surface area contributed by atoms with Crippen molar-refractivity contribution in [2.45, 2.75) is 11.8 Å². The van der Waals surface area contributed by atoms with Crippen LogP contribution in [0.5, 0.6) is 0 Å². The number of aliphatic carboxylic acids is 1. The van der Waals surface area contributed by atoms with Gasteiger partial charge in [0.2, 0.25) is 0 Å². The number of carboxylic acid groups (broad SMARTS) is 1. The Labute approximate surface area is 104 Å². The number of halogens is 2. The molecule has 0 radical (unpaired) electrons. The van der Waals surface area contributed by atoms with E-state index in [1.54, 1.807) is 12.1 Å². The Hall–Kier alpha value is -0.860. The molecule has 0 aliphatic carbocycles. The monoisotopic (exact) mass is 331 g/mol. The van der Waals surface area contributed by atoms with E-state index in [1.165, 1.54) is 0 Å². The summed E-state index contributed by atoms with van der Waals surface area (Å²) < 4.78 is 0.631. The van der Waals surface area contributed by atoms with Crippen molar-refractivity contribution in [2.75, 3.05) is 0 Å². The average Bonchev–Trinajstić information content (AvgIpc) is 2.18. The molecule has 78 valence electrons. The Morgan fingerprint density at radius 2 is 2.20 bits per heavy atom. The molecule has 1 aromatic rings. The highest BCUT2D eigenvalue weighted by Gasteiger charge is 2.14. The molecule has 1 rings (SSSR count). The van der Waals surface area contributed by atoms with Gasteiger partial charge in [-0.05, 0) is 33.1 Å². The van der Waals surface area contributed by atoms with Gasteiger partial charge in [-0.25, -0.2) is 0 Å². The summed E-state index contributed by atoms with van der Waals surface area (Å²) in [6.45, 7) is 0. The Morgan fingerprint density at radius 3 is 2.67 bits per heavy atom. The van der Waals surface area contributed by atoms with Gasteiger partial charge in [0.1, 0.15) is 6.07 Å². The van der Waals surface area contributed by atoms with Gasteiger partial charge in [0.05, 0.1) is 12.0 Å². The van der Waals surface area contributed by atoms with Gasteiger partial charge >= 0.3 is 5.97 Å². The summed E-state index contributed by atoms with van der Waals surface area (Å²) in [6, 6.07) is 5.57. The fourth-order valence-corrected chi connectivity index (χ4v) is 2.25. The van der Waals surface area contributed by atoms with Crippen LogP contribution < -0.4 is 0 Å². The van der Waals surface area contributed by atoms with Crippen molar-refractivity contribution in [2.24, 2.45) is 0 Å². The van der Waals surface area contributed by atoms with Crippen molar-refractivity contribution >= 4 is 37.8 Å². The number of nitrogens with zero attached hydrogens (tertiary/aromatic N) is 1. The lowest BCUT2D eigenvalue weighted by atomic mass is 10.00. The number of hydrogen-bond acceptors (Lipinski definition) is 2. The smallest absolute Gasteiger partial charge is 0.307 e. The molecule has 0 bridgehead atoms. The third-order valence-electron chi connectivity index (χ3n) is 1.94. The molecule has 3 nitrogen and oxygen atoms in total. The molecular formula is C10H7Br2NO2. The third kappa shape index (κ3) is 2.80. The van der Waals surface area contributed by atoms with Crippen LogP contribution in [-0.4, -0.2) is 11.1 Å². The Kier molecular flexibility index (Phi) is 4.30. The van der Waals surface area contributed by atoms with Gasteiger partial charge < -0.3 is 5.11 Å². The number of carboxylic acids is 1. The molecule has 0 unspecified atom stereocenters. The largest absolute Gasteiger partial charge is 0.481 e. The number of benzene rings is 1. The van der Waals surface area contributed by atoms with E-state index in [-0.39, 0.29) is 6.42 Å². The molecule has 0 aliphatic heterocycles. The van der Waals surface area contributed by atoms with Gasteiger partial charge in [0.25, 0.3) is 0 Å². The first-order valence-corrected chi connectivity index (χ1v) is 5.99. The lowest BCUT2D eigenvalue weighted by Gasteiger charge is -2.08. The van der Waals surface area contributed by atoms with E-state index >= 15 is 0 Å². The maximum atomic E-state index is 10.7. The minimum Gasteiger partial charge on any atom is -0.481 e. The Balaban J connectivity index is 3.35. The first kappa shape index (κ1) is 12.2. The second kappa shape index (κ2) is 5.29. The lowest BCUT2D eigenvalue weighted by Crippen LogP contribution is -2.06. The van der Waals surface area contributed by atoms with Gasteiger partial charge in [-0.15, -0.1) is 0 Å². The topological polar surface area (TPSA) is 61.1 Å². The van der Waals surface area contributed by atoms with E-state index in [1.807, 2.05) is 6.07 Å². The van der Waals surface area contributed by atoms with E-state index < -0.39 is 5.97 Å². The summed E-state index contributed by atoms with van der Waals surface area (Å²) >= 11 is 6.50. The quantitative estimate of drug-likeness (QED) is 0.866. The minimum absolute atomic E-state index is 0.136. The van der Waals surface area contributed by atoms with Crippen LogP contribution in [0.1, 0.15) is 16.7 Å². The first-order chi connectivity index (χ1) is 7.10. The minimum atomic E-state index is -0.938. The Bertz CT molecular complexity index is 438. The zero-order valence-corrected chi connectivity index (χ0v) is 10.8. The normalized spacial score (nSPS) is 9.67. The van der Waals surface area contributed by atoms with Crippen molar-refractivity contribution in [3.63, 3.8) is 0 Å². The van der Waals surface area contributed by atoms with Crippen LogP contribution in [-0.2, 0) is 16.5 Å². The molecule has 1 N–H and O–H groups in total. The number of hydrogen-bond donors (Lipinski definition) is 1. The maximum Gasteiger partial charge on any atom is 0.307 e. The van der Waals surface area contributed by atoms with Crippen LogP contribution in [0, 0.1) is 11.3 Å². The molecule has 0 saturated heterocycles. The molecule has 15 heavy (non-hydrogen) atoms. The Morgan fingerprint density at radius 1 is 1.53 bits per heavy atom. The molecule has 0 heterocycles. The van der Waals surface area contributed by atoms with Crippen LogP contribution in [0.3, 0.4) is 0 Å². The molecule has 0 amide bonds. The van der Waals surface area contributed by atoms with Crippen LogP contribution >= 0.6 is 31.9 Å². The van der Waals surface area contributed by atoms with Gasteiger partial charge in [-0.2, -0.15) is 5.26 Å². The zero-order chi connectivity index (χ0) is 11.4. The van der Waals surface area contributed by atoms with Gasteiger partial charge in [-0.1, -0.05) is 22.0 Å². The number of alkyl halides is 1. The fraction of sp³-hybridized carbons (Fsp3) is 0.200. The van der Waals surface area contributed by atoms with Crippen molar-refractivity contribution in [1.29, 1.82) is 5.26 Å². The van der Waals surface area contributed by atoms with E-state index in [0.29, 0.717) is 20.9 Å². The van der Waals surface area contributed by atoms with Gasteiger partial charge in [-0.3, -0.25) is 4.79 Å². The van der Waals surface area contributed by atoms with Crippen LogP contribution in [0.2, 0.25) is 0 Å². The molecule has 5 heteroatoms. The molecule has 0 fully saturated rings. The molecule has 0 spiro atoms. The number of carbonyl (C=O) groups is 1. The van der Waals surface area contributed by atoms with Crippen LogP contribution in [0.15, 0.2) is 16.6 Å². The van der Waals surface area contributed by atoms with E-state index in [9.17, 15) is 4.79 Å². The fourth-order valence-electron chi connectivity index (χ4n) is 1.26. The summed E-state index contributed by atoms with van der Waals surface area (Å²) in [4.78, 5) is 10.7. The van der Waals surface area contributed by atoms with Crippen LogP contribution in [0.25, 0.3) is 0 Å². The predicted octanol–water partition coefficient (Wildman–Crippen LogP) is 2.84. The highest BCUT2D eigenvalue weighted by molar-refractivity contribution is 9.10. The molecule has 0 atom stereocenters. The molecule has 0 aliphatic rings. The van der Waals surface area contributed by atoms with Crippen LogP contribution in [0.4, 0.5) is 0 Å². The van der Waals surface area contributed by atoms with E-state index in [0.717, 1.165) is 5.56 Å². The summed E-state index contributed by atoms with van der Waals surface area (Å²) in [7, 11) is 0. The summed E-state index contributed by atoms with van der Waals surface area (Å²) in [5.74, 6) is -0.938. The predicted molar refractivity (Wildman–Crippen MR) is 62.8 cm³/mol. The zero-order valence-electron chi connectivity index (χ0n) is 7.63. The summed E-state index contributed by atoms with van der Waals surface area (Å²) in [5, 5.41) is 18.2. The van der Waals surface area contributed by atoms with E-state index in [4.69, 9.17) is 10.4 Å².